The fourth-order valence-corrected chi connectivity index (χ4v) is 2.21. The maximum Gasteiger partial charge on any atom is 0.235 e. The van der Waals surface area contributed by atoms with Crippen molar-refractivity contribution in [1.29, 1.82) is 0 Å². The predicted molar refractivity (Wildman–Crippen MR) is 73.2 cm³/mol. The molecule has 0 aliphatic carbocycles. The summed E-state index contributed by atoms with van der Waals surface area (Å²) in [6, 6.07) is 9.32. The third kappa shape index (κ3) is 1.96. The van der Waals surface area contributed by atoms with Gasteiger partial charge in [0.2, 0.25) is 5.78 Å². The van der Waals surface area contributed by atoms with E-state index in [0.717, 1.165) is 17.0 Å². The van der Waals surface area contributed by atoms with E-state index in [-0.39, 0.29) is 0 Å². The first kappa shape index (κ1) is 11.5. The van der Waals surface area contributed by atoms with E-state index in [0.29, 0.717) is 16.0 Å². The Morgan fingerprint density at radius 3 is 2.50 bits per heavy atom. The van der Waals surface area contributed by atoms with Crippen LogP contribution >= 0.6 is 23.2 Å². The second kappa shape index (κ2) is 4.26. The van der Waals surface area contributed by atoms with Crippen LogP contribution in [0, 0.1) is 6.92 Å². The Balaban J connectivity index is 2.19. The van der Waals surface area contributed by atoms with E-state index in [4.69, 9.17) is 23.2 Å². The molecular weight excluding hydrogens is 269 g/mol. The van der Waals surface area contributed by atoms with Crippen LogP contribution in [0.15, 0.2) is 36.5 Å². The highest BCUT2D eigenvalue weighted by Gasteiger charge is 2.08. The molecule has 0 spiro atoms. The van der Waals surface area contributed by atoms with Gasteiger partial charge in [0.25, 0.3) is 0 Å². The monoisotopic (exact) mass is 277 g/mol. The Hall–Kier alpha value is -1.58. The zero-order valence-corrected chi connectivity index (χ0v) is 11.1. The summed E-state index contributed by atoms with van der Waals surface area (Å²) in [6.45, 7) is 1.89. The van der Waals surface area contributed by atoms with Gasteiger partial charge in [0, 0.05) is 22.5 Å². The van der Waals surface area contributed by atoms with Gasteiger partial charge in [-0.1, -0.05) is 35.3 Å². The van der Waals surface area contributed by atoms with Crippen molar-refractivity contribution in [2.75, 3.05) is 0 Å². The van der Waals surface area contributed by atoms with Crippen molar-refractivity contribution in [3.05, 3.63) is 52.4 Å². The molecule has 1 aromatic carbocycles. The van der Waals surface area contributed by atoms with Gasteiger partial charge in [0.1, 0.15) is 5.15 Å². The Morgan fingerprint density at radius 1 is 1.06 bits per heavy atom. The first-order valence-electron chi connectivity index (χ1n) is 5.42. The number of aromatic nitrogens is 3. The molecule has 0 bridgehead atoms. The molecule has 90 valence electrons. The van der Waals surface area contributed by atoms with E-state index < -0.39 is 0 Å². The Labute approximate surface area is 114 Å². The van der Waals surface area contributed by atoms with Crippen molar-refractivity contribution in [1.82, 2.24) is 14.4 Å². The van der Waals surface area contributed by atoms with Crippen molar-refractivity contribution in [2.24, 2.45) is 0 Å². The normalized spacial score (nSPS) is 11.1. The lowest BCUT2D eigenvalue weighted by atomic mass is 10.2. The van der Waals surface area contributed by atoms with Gasteiger partial charge in [0.15, 0.2) is 0 Å². The Kier molecular flexibility index (Phi) is 2.73. The highest BCUT2D eigenvalue weighted by molar-refractivity contribution is 6.30. The molecule has 5 heteroatoms. The third-order valence-corrected chi connectivity index (χ3v) is 3.20. The molecule has 3 nitrogen and oxygen atoms in total. The minimum absolute atomic E-state index is 0.602. The van der Waals surface area contributed by atoms with Crippen molar-refractivity contribution in [3.63, 3.8) is 0 Å². The molecule has 0 saturated carbocycles. The van der Waals surface area contributed by atoms with Crippen molar-refractivity contribution >= 4 is 29.0 Å². The van der Waals surface area contributed by atoms with Crippen LogP contribution in [0.1, 0.15) is 5.69 Å². The standard InChI is InChI=1S/C13H9Cl2N3/c1-8-6-12(15)18-7-11(17-13(18)16-8)9-2-4-10(14)5-3-9/h2-7H,1H3. The smallest absolute Gasteiger partial charge is 0.235 e. The van der Waals surface area contributed by atoms with Crippen LogP contribution in [0.4, 0.5) is 0 Å². The topological polar surface area (TPSA) is 30.2 Å². The lowest BCUT2D eigenvalue weighted by Gasteiger charge is -1.97. The largest absolute Gasteiger partial charge is 0.273 e. The third-order valence-electron chi connectivity index (χ3n) is 2.66. The molecular formula is C13H9Cl2N3. The minimum Gasteiger partial charge on any atom is -0.273 e. The number of hydrogen-bond acceptors (Lipinski definition) is 2. The van der Waals surface area contributed by atoms with Crippen LogP contribution in [-0.4, -0.2) is 14.4 Å². The van der Waals surface area contributed by atoms with Crippen LogP contribution in [-0.2, 0) is 0 Å². The van der Waals surface area contributed by atoms with Crippen LogP contribution < -0.4 is 0 Å². The summed E-state index contributed by atoms with van der Waals surface area (Å²) in [5.41, 5.74) is 2.66. The summed E-state index contributed by atoms with van der Waals surface area (Å²) >= 11 is 12.0. The van der Waals surface area contributed by atoms with Crippen molar-refractivity contribution < 1.29 is 0 Å². The molecule has 0 radical (unpaired) electrons. The molecule has 0 N–H and O–H groups in total. The number of halogens is 2. The Morgan fingerprint density at radius 2 is 1.78 bits per heavy atom. The van der Waals surface area contributed by atoms with Gasteiger partial charge >= 0.3 is 0 Å². The quantitative estimate of drug-likeness (QED) is 0.629. The maximum atomic E-state index is 6.15. The zero-order chi connectivity index (χ0) is 12.7. The second-order valence-electron chi connectivity index (χ2n) is 4.02. The molecule has 2 heterocycles. The van der Waals surface area contributed by atoms with E-state index in [1.165, 1.54) is 0 Å². The molecule has 3 aromatic rings. The Bertz CT molecular complexity index is 717. The average Bonchev–Trinajstić information content (AvgIpc) is 2.74. The number of benzene rings is 1. The summed E-state index contributed by atoms with van der Waals surface area (Å²) in [4.78, 5) is 8.80. The summed E-state index contributed by atoms with van der Waals surface area (Å²) in [5, 5.41) is 1.31. The molecule has 0 fully saturated rings. The van der Waals surface area contributed by atoms with Gasteiger partial charge in [-0.05, 0) is 25.1 Å². The van der Waals surface area contributed by atoms with E-state index >= 15 is 0 Å². The number of nitrogens with zero attached hydrogens (tertiary/aromatic N) is 3. The summed E-state index contributed by atoms with van der Waals surface area (Å²) in [6.07, 6.45) is 1.87. The molecule has 3 rings (SSSR count). The fourth-order valence-electron chi connectivity index (χ4n) is 1.80. The predicted octanol–water partition coefficient (Wildman–Crippen LogP) is 4.01. The van der Waals surface area contributed by atoms with Gasteiger partial charge in [0.05, 0.1) is 5.69 Å². The molecule has 0 aliphatic heterocycles. The molecule has 0 amide bonds. The number of imidazole rings is 1. The average molecular weight is 278 g/mol. The molecule has 0 atom stereocenters. The van der Waals surface area contributed by atoms with E-state index in [2.05, 4.69) is 9.97 Å². The lowest BCUT2D eigenvalue weighted by molar-refractivity contribution is 1.07. The molecule has 0 unspecified atom stereocenters. The minimum atomic E-state index is 0.602. The van der Waals surface area contributed by atoms with Crippen LogP contribution in [0.25, 0.3) is 17.0 Å². The lowest BCUT2D eigenvalue weighted by Crippen LogP contribution is -1.91. The SMILES string of the molecule is Cc1cc(Cl)n2cc(-c3ccc(Cl)cc3)nc2n1. The van der Waals surface area contributed by atoms with E-state index in [1.807, 2.05) is 43.5 Å². The molecule has 0 saturated heterocycles. The zero-order valence-electron chi connectivity index (χ0n) is 9.56. The first-order chi connectivity index (χ1) is 8.63. The highest BCUT2D eigenvalue weighted by atomic mass is 35.5. The summed E-state index contributed by atoms with van der Waals surface area (Å²) in [7, 11) is 0. The van der Waals surface area contributed by atoms with Gasteiger partial charge < -0.3 is 0 Å². The van der Waals surface area contributed by atoms with Crippen LogP contribution in [0.5, 0.6) is 0 Å². The second-order valence-corrected chi connectivity index (χ2v) is 4.85. The van der Waals surface area contributed by atoms with Gasteiger partial charge in [-0.15, -0.1) is 0 Å². The van der Waals surface area contributed by atoms with E-state index in [1.54, 1.807) is 4.40 Å². The molecule has 2 aromatic heterocycles. The number of hydrogen-bond donors (Lipinski definition) is 0. The van der Waals surface area contributed by atoms with Gasteiger partial charge in [-0.25, -0.2) is 9.97 Å². The molecule has 18 heavy (non-hydrogen) atoms. The highest BCUT2D eigenvalue weighted by Crippen LogP contribution is 2.22. The molecule has 0 aliphatic rings. The van der Waals surface area contributed by atoms with Gasteiger partial charge in [-0.3, -0.25) is 4.40 Å². The number of fused-ring (bicyclic) bond motifs is 1. The van der Waals surface area contributed by atoms with E-state index in [9.17, 15) is 0 Å². The summed E-state index contributed by atoms with van der Waals surface area (Å²) < 4.78 is 1.76. The fraction of sp³-hybridized carbons (Fsp3) is 0.0769. The summed E-state index contributed by atoms with van der Waals surface area (Å²) in [5.74, 6) is 0.602. The number of rotatable bonds is 1. The van der Waals surface area contributed by atoms with Crippen molar-refractivity contribution in [3.8, 4) is 11.3 Å². The van der Waals surface area contributed by atoms with Crippen molar-refractivity contribution in [2.45, 2.75) is 6.92 Å². The first-order valence-corrected chi connectivity index (χ1v) is 6.17. The van der Waals surface area contributed by atoms with Crippen LogP contribution in [0.2, 0.25) is 10.2 Å². The van der Waals surface area contributed by atoms with Gasteiger partial charge in [-0.2, -0.15) is 0 Å². The maximum absolute atomic E-state index is 6.15. The van der Waals surface area contributed by atoms with Crippen LogP contribution in [0.3, 0.4) is 0 Å². The number of aryl methyl sites for hydroxylation is 1.